The van der Waals surface area contributed by atoms with Crippen LogP contribution in [-0.2, 0) is 4.79 Å². The van der Waals surface area contributed by atoms with Gasteiger partial charge in [-0.15, -0.1) is 0 Å². The van der Waals surface area contributed by atoms with Crippen molar-refractivity contribution in [1.82, 2.24) is 10.2 Å². The summed E-state index contributed by atoms with van der Waals surface area (Å²) in [4.78, 5) is 13.4. The second kappa shape index (κ2) is 5.19. The fraction of sp³-hybridized carbons (Fsp3) is 0.889. The van der Waals surface area contributed by atoms with Crippen LogP contribution in [0.4, 0.5) is 0 Å². The van der Waals surface area contributed by atoms with Crippen LogP contribution in [0.5, 0.6) is 0 Å². The standard InChI is InChI=1S/C9H18N2O2/c1-2-11(8-3-4-8)9(13)7-10-5-6-12/h8,10,12H,2-7H2,1H3. The maximum atomic E-state index is 11.5. The molecule has 1 fully saturated rings. The number of nitrogens with zero attached hydrogens (tertiary/aromatic N) is 1. The van der Waals surface area contributed by atoms with Crippen LogP contribution >= 0.6 is 0 Å². The van der Waals surface area contributed by atoms with Crippen molar-refractivity contribution in [3.63, 3.8) is 0 Å². The third kappa shape index (κ3) is 3.32. The minimum atomic E-state index is 0.0861. The molecule has 0 atom stereocenters. The van der Waals surface area contributed by atoms with Gasteiger partial charge < -0.3 is 15.3 Å². The van der Waals surface area contributed by atoms with Gasteiger partial charge in [-0.1, -0.05) is 0 Å². The lowest BCUT2D eigenvalue weighted by Gasteiger charge is -2.20. The van der Waals surface area contributed by atoms with Crippen LogP contribution in [-0.4, -0.2) is 48.2 Å². The fourth-order valence-electron chi connectivity index (χ4n) is 1.40. The molecular weight excluding hydrogens is 168 g/mol. The summed E-state index contributed by atoms with van der Waals surface area (Å²) in [6, 6.07) is 0.494. The van der Waals surface area contributed by atoms with E-state index in [1.165, 1.54) is 0 Å². The molecule has 0 aromatic heterocycles. The van der Waals surface area contributed by atoms with E-state index >= 15 is 0 Å². The monoisotopic (exact) mass is 186 g/mol. The number of amides is 1. The normalized spacial score (nSPS) is 15.8. The summed E-state index contributed by atoms with van der Waals surface area (Å²) in [7, 11) is 0. The van der Waals surface area contributed by atoms with Gasteiger partial charge in [0, 0.05) is 19.1 Å². The highest BCUT2D eigenvalue weighted by molar-refractivity contribution is 5.78. The summed E-state index contributed by atoms with van der Waals surface area (Å²) >= 11 is 0. The Morgan fingerprint density at radius 3 is 2.77 bits per heavy atom. The first-order valence-corrected chi connectivity index (χ1v) is 4.90. The molecule has 2 N–H and O–H groups in total. The van der Waals surface area contributed by atoms with Crippen molar-refractivity contribution in [2.75, 3.05) is 26.2 Å². The molecule has 4 nitrogen and oxygen atoms in total. The van der Waals surface area contributed by atoms with E-state index in [2.05, 4.69) is 5.32 Å². The Kier molecular flexibility index (Phi) is 4.18. The molecule has 0 spiro atoms. The van der Waals surface area contributed by atoms with Gasteiger partial charge in [0.05, 0.1) is 13.2 Å². The number of carbonyl (C=O) groups is 1. The largest absolute Gasteiger partial charge is 0.395 e. The van der Waals surface area contributed by atoms with E-state index in [-0.39, 0.29) is 12.5 Å². The number of rotatable bonds is 6. The van der Waals surface area contributed by atoms with E-state index in [0.29, 0.717) is 19.1 Å². The molecule has 0 aromatic rings. The molecule has 0 aliphatic heterocycles. The lowest BCUT2D eigenvalue weighted by atomic mass is 10.4. The molecule has 1 amide bonds. The average Bonchev–Trinajstić information content (AvgIpc) is 2.90. The molecule has 0 radical (unpaired) electrons. The van der Waals surface area contributed by atoms with E-state index in [4.69, 9.17) is 5.11 Å². The smallest absolute Gasteiger partial charge is 0.236 e. The Morgan fingerprint density at radius 1 is 1.62 bits per heavy atom. The van der Waals surface area contributed by atoms with Crippen molar-refractivity contribution in [3.05, 3.63) is 0 Å². The number of hydrogen-bond donors (Lipinski definition) is 2. The Morgan fingerprint density at radius 2 is 2.31 bits per heavy atom. The molecule has 0 bridgehead atoms. The van der Waals surface area contributed by atoms with Gasteiger partial charge >= 0.3 is 0 Å². The SMILES string of the molecule is CCN(C(=O)CNCCO)C1CC1. The molecule has 0 unspecified atom stereocenters. The van der Waals surface area contributed by atoms with Gasteiger partial charge in [-0.2, -0.15) is 0 Å². The first-order valence-electron chi connectivity index (χ1n) is 4.90. The van der Waals surface area contributed by atoms with Crippen LogP contribution < -0.4 is 5.32 Å². The van der Waals surface area contributed by atoms with Crippen molar-refractivity contribution in [3.8, 4) is 0 Å². The first-order chi connectivity index (χ1) is 6.29. The lowest BCUT2D eigenvalue weighted by Crippen LogP contribution is -2.40. The molecule has 1 aliphatic carbocycles. The zero-order valence-corrected chi connectivity index (χ0v) is 8.12. The number of hydrogen-bond acceptors (Lipinski definition) is 3. The fourth-order valence-corrected chi connectivity index (χ4v) is 1.40. The number of aliphatic hydroxyl groups excluding tert-OH is 1. The third-order valence-corrected chi connectivity index (χ3v) is 2.21. The van der Waals surface area contributed by atoms with Crippen LogP contribution in [0.2, 0.25) is 0 Å². The summed E-state index contributed by atoms with van der Waals surface area (Å²) in [5.41, 5.74) is 0. The molecule has 1 rings (SSSR count). The second-order valence-electron chi connectivity index (χ2n) is 3.31. The summed E-state index contributed by atoms with van der Waals surface area (Å²) < 4.78 is 0. The van der Waals surface area contributed by atoms with Crippen LogP contribution in [0.15, 0.2) is 0 Å². The van der Waals surface area contributed by atoms with Gasteiger partial charge in [0.1, 0.15) is 0 Å². The molecule has 0 saturated heterocycles. The van der Waals surface area contributed by atoms with Gasteiger partial charge in [-0.3, -0.25) is 4.79 Å². The van der Waals surface area contributed by atoms with Crippen molar-refractivity contribution in [1.29, 1.82) is 0 Å². The van der Waals surface area contributed by atoms with Crippen molar-refractivity contribution in [2.45, 2.75) is 25.8 Å². The van der Waals surface area contributed by atoms with Gasteiger partial charge in [0.15, 0.2) is 0 Å². The van der Waals surface area contributed by atoms with E-state index in [1.807, 2.05) is 11.8 Å². The van der Waals surface area contributed by atoms with Crippen LogP contribution in [0.25, 0.3) is 0 Å². The number of aliphatic hydroxyl groups is 1. The highest BCUT2D eigenvalue weighted by Crippen LogP contribution is 2.26. The highest BCUT2D eigenvalue weighted by Gasteiger charge is 2.30. The quantitative estimate of drug-likeness (QED) is 0.554. The summed E-state index contributed by atoms with van der Waals surface area (Å²) in [6.07, 6.45) is 2.30. The van der Waals surface area contributed by atoms with Gasteiger partial charge in [0.25, 0.3) is 0 Å². The molecule has 76 valence electrons. The van der Waals surface area contributed by atoms with Gasteiger partial charge in [0.2, 0.25) is 5.91 Å². The summed E-state index contributed by atoms with van der Waals surface area (Å²) in [5, 5.41) is 11.4. The Labute approximate surface area is 78.9 Å². The topological polar surface area (TPSA) is 52.6 Å². The van der Waals surface area contributed by atoms with E-state index < -0.39 is 0 Å². The predicted molar refractivity (Wildman–Crippen MR) is 50.4 cm³/mol. The zero-order valence-electron chi connectivity index (χ0n) is 8.12. The second-order valence-corrected chi connectivity index (χ2v) is 3.31. The predicted octanol–water partition coefficient (Wildman–Crippen LogP) is -0.421. The highest BCUT2D eigenvalue weighted by atomic mass is 16.3. The summed E-state index contributed by atoms with van der Waals surface area (Å²) in [5.74, 6) is 0.151. The van der Waals surface area contributed by atoms with E-state index in [9.17, 15) is 4.79 Å². The molecule has 4 heteroatoms. The van der Waals surface area contributed by atoms with Crippen LogP contribution in [0.1, 0.15) is 19.8 Å². The minimum absolute atomic E-state index is 0.0861. The number of likely N-dealkylation sites (N-methyl/N-ethyl adjacent to an activating group) is 1. The van der Waals surface area contributed by atoms with Crippen LogP contribution in [0, 0.1) is 0 Å². The van der Waals surface area contributed by atoms with Gasteiger partial charge in [-0.05, 0) is 19.8 Å². The number of nitrogens with one attached hydrogen (secondary N) is 1. The number of carbonyl (C=O) groups excluding carboxylic acids is 1. The minimum Gasteiger partial charge on any atom is -0.395 e. The van der Waals surface area contributed by atoms with E-state index in [1.54, 1.807) is 0 Å². The van der Waals surface area contributed by atoms with Crippen molar-refractivity contribution < 1.29 is 9.90 Å². The van der Waals surface area contributed by atoms with Crippen LogP contribution in [0.3, 0.4) is 0 Å². The molecule has 1 saturated carbocycles. The zero-order chi connectivity index (χ0) is 9.68. The maximum Gasteiger partial charge on any atom is 0.236 e. The molecule has 0 aromatic carbocycles. The molecule has 13 heavy (non-hydrogen) atoms. The van der Waals surface area contributed by atoms with Crippen molar-refractivity contribution in [2.24, 2.45) is 0 Å². The lowest BCUT2D eigenvalue weighted by molar-refractivity contribution is -0.130. The third-order valence-electron chi connectivity index (χ3n) is 2.21. The van der Waals surface area contributed by atoms with E-state index in [0.717, 1.165) is 19.4 Å². The summed E-state index contributed by atoms with van der Waals surface area (Å²) in [6.45, 7) is 3.73. The Balaban J connectivity index is 2.19. The molecular formula is C9H18N2O2. The van der Waals surface area contributed by atoms with Crippen molar-refractivity contribution >= 4 is 5.91 Å². The molecule has 0 heterocycles. The maximum absolute atomic E-state index is 11.5. The Hall–Kier alpha value is -0.610. The van der Waals surface area contributed by atoms with Gasteiger partial charge in [-0.25, -0.2) is 0 Å². The average molecular weight is 186 g/mol. The first kappa shape index (κ1) is 10.5. The Bertz CT molecular complexity index is 169. The molecule has 1 aliphatic rings.